The fourth-order valence-electron chi connectivity index (χ4n) is 5.75. The van der Waals surface area contributed by atoms with E-state index in [4.69, 9.17) is 15.3 Å². The maximum absolute atomic E-state index is 5.12. The van der Waals surface area contributed by atoms with Gasteiger partial charge in [0, 0.05) is 0 Å². The Morgan fingerprint density at radius 1 is 0.364 bits per heavy atom. The van der Waals surface area contributed by atoms with Crippen LogP contribution in [-0.2, 0) is 56.6 Å². The summed E-state index contributed by atoms with van der Waals surface area (Å²) in [5, 5.41) is 26.1. The van der Waals surface area contributed by atoms with Gasteiger partial charge in [0.25, 0.3) is 0 Å². The largest absolute Gasteiger partial charge is 1.00 e. The zero-order valence-corrected chi connectivity index (χ0v) is 36.8. The van der Waals surface area contributed by atoms with Crippen LogP contribution in [0.15, 0.2) is 0 Å². The topological polar surface area (TPSA) is 86.0 Å². The first-order valence-corrected chi connectivity index (χ1v) is 15.9. The molecular formula is C34H57Br3N6Ti. The molecule has 0 saturated heterocycles. The molecule has 248 valence electrons. The Hall–Kier alpha value is -0.216. The van der Waals surface area contributed by atoms with Gasteiger partial charge >= 0.3 is 263 Å². The summed E-state index contributed by atoms with van der Waals surface area (Å²) in [7, 11) is 0. The summed E-state index contributed by atoms with van der Waals surface area (Å²) in [6.07, 6.45) is 0. The average molecular weight is 837 g/mol. The number of hydrogen-bond acceptors (Lipinski definition) is 3. The standard InChI is InChI=1S/C34H57N6.3BrH.Ti/c1-29(2,3)23-20(24(36-35-23)30(4,5)6)19(21-25(31(7,8)9)37-38-26(21)32(10,11)12)22-27(33(13,14)15)39-40-28(22)34(16,17)18;;;;/h1-18H3,(H,35,36)(H,37,38)(H,39,40);3*1H;/q;;;;+3/p-3. The van der Waals surface area contributed by atoms with Crippen molar-refractivity contribution in [2.45, 2.75) is 161 Å². The van der Waals surface area contributed by atoms with Gasteiger partial charge in [-0.15, -0.1) is 0 Å². The van der Waals surface area contributed by atoms with Gasteiger partial charge in [-0.3, -0.25) is 0 Å². The van der Waals surface area contributed by atoms with E-state index in [0.717, 1.165) is 34.2 Å². The molecule has 3 aromatic rings. The monoisotopic (exact) mass is 834 g/mol. The van der Waals surface area contributed by atoms with Gasteiger partial charge in [-0.1, -0.05) is 0 Å². The minimum Gasteiger partial charge on any atom is -1.00 e. The van der Waals surface area contributed by atoms with E-state index in [1.165, 1.54) is 16.7 Å². The summed E-state index contributed by atoms with van der Waals surface area (Å²) in [5.74, 6) is 0. The normalized spacial score (nSPS) is 13.7. The molecule has 6 nitrogen and oxygen atoms in total. The molecule has 0 unspecified atom stereocenters. The third kappa shape index (κ3) is 8.07. The first-order valence-electron chi connectivity index (χ1n) is 15.1. The van der Waals surface area contributed by atoms with Crippen molar-refractivity contribution < 1.29 is 71.4 Å². The zero-order chi connectivity index (χ0) is 31.9. The second-order valence-electron chi connectivity index (χ2n) is 18.2. The van der Waals surface area contributed by atoms with E-state index in [-0.39, 0.29) is 83.4 Å². The molecule has 0 radical (unpaired) electrons. The SMILES string of the molecule is CC(C)(C)c1n[nH]c(C(C)(C)C)c1[C]([Ti+3])(c1c(C(C)(C)C)n[nH]c1C(C)(C)C)c1c(C(C)(C)C)n[nH]c1C(C)(C)C.[Br-].[Br-].[Br-]. The van der Waals surface area contributed by atoms with E-state index in [1.807, 2.05) is 0 Å². The molecular weight excluding hydrogens is 780 g/mol. The molecule has 3 aromatic heterocycles. The summed E-state index contributed by atoms with van der Waals surface area (Å²) in [5.41, 5.74) is 9.37. The first-order chi connectivity index (χ1) is 18.0. The summed E-state index contributed by atoms with van der Waals surface area (Å²) in [4.78, 5) is 0. The fourth-order valence-corrected chi connectivity index (χ4v) is 6.89. The maximum Gasteiger partial charge on any atom is -1.00 e. The number of hydrogen-bond donors (Lipinski definition) is 3. The van der Waals surface area contributed by atoms with Crippen LogP contribution >= 0.6 is 0 Å². The summed E-state index contributed by atoms with van der Waals surface area (Å²) >= 11 is 2.42. The minimum absolute atomic E-state index is 0. The molecule has 0 bridgehead atoms. The van der Waals surface area contributed by atoms with Crippen LogP contribution in [0.5, 0.6) is 0 Å². The summed E-state index contributed by atoms with van der Waals surface area (Å²) in [6.45, 7) is 41.0. The van der Waals surface area contributed by atoms with Crippen LogP contribution < -0.4 is 50.9 Å². The third-order valence-corrected chi connectivity index (χ3v) is 8.98. The van der Waals surface area contributed by atoms with Crippen molar-refractivity contribution in [2.75, 3.05) is 0 Å². The van der Waals surface area contributed by atoms with Crippen molar-refractivity contribution >= 4 is 0 Å². The molecule has 0 aliphatic carbocycles. The summed E-state index contributed by atoms with van der Waals surface area (Å²) < 4.78 is -0.630. The molecule has 0 aliphatic rings. The molecule has 10 heteroatoms. The van der Waals surface area contributed by atoms with Crippen molar-refractivity contribution in [1.82, 2.24) is 30.6 Å². The minimum atomic E-state index is -0.630. The number of H-pyrrole nitrogens is 3. The molecule has 3 rings (SSSR count). The van der Waals surface area contributed by atoms with Gasteiger partial charge in [0.2, 0.25) is 0 Å². The molecule has 3 heterocycles. The Bertz CT molecular complexity index is 1140. The number of aromatic nitrogens is 6. The van der Waals surface area contributed by atoms with Gasteiger partial charge in [0.15, 0.2) is 0 Å². The second kappa shape index (κ2) is 13.4. The average Bonchev–Trinajstić information content (AvgIpc) is 3.46. The van der Waals surface area contributed by atoms with E-state index < -0.39 is 3.72 Å². The molecule has 44 heavy (non-hydrogen) atoms. The Kier molecular flexibility index (Phi) is 13.3. The van der Waals surface area contributed by atoms with Crippen molar-refractivity contribution in [2.24, 2.45) is 0 Å². The number of nitrogens with zero attached hydrogens (tertiary/aromatic N) is 3. The number of aromatic amines is 3. The Labute approximate surface area is 311 Å². The third-order valence-electron chi connectivity index (χ3n) is 7.81. The Morgan fingerprint density at radius 3 is 0.682 bits per heavy atom. The van der Waals surface area contributed by atoms with Gasteiger partial charge in [-0.2, -0.15) is 0 Å². The predicted molar refractivity (Wildman–Crippen MR) is 168 cm³/mol. The van der Waals surface area contributed by atoms with Crippen LogP contribution in [0.25, 0.3) is 0 Å². The predicted octanol–water partition coefficient (Wildman–Crippen LogP) is -0.508. The van der Waals surface area contributed by atoms with E-state index in [1.54, 1.807) is 0 Å². The zero-order valence-electron chi connectivity index (χ0n) is 30.5. The molecule has 0 atom stereocenters. The molecule has 0 fully saturated rings. The van der Waals surface area contributed by atoms with Crippen molar-refractivity contribution in [3.8, 4) is 0 Å². The maximum atomic E-state index is 5.12. The molecule has 0 spiro atoms. The van der Waals surface area contributed by atoms with Crippen LogP contribution in [-0.4, -0.2) is 30.6 Å². The second-order valence-corrected chi connectivity index (χ2v) is 19.4. The number of nitrogens with one attached hydrogen (secondary N) is 3. The van der Waals surface area contributed by atoms with Gasteiger partial charge in [0.05, 0.1) is 0 Å². The van der Waals surface area contributed by atoms with Gasteiger partial charge in [0.1, 0.15) is 0 Å². The number of rotatable bonds is 3. The van der Waals surface area contributed by atoms with E-state index in [2.05, 4.69) is 160 Å². The van der Waals surface area contributed by atoms with E-state index in [0.29, 0.717) is 0 Å². The van der Waals surface area contributed by atoms with Crippen molar-refractivity contribution in [3.05, 3.63) is 50.9 Å². The molecule has 0 amide bonds. The molecule has 0 aromatic carbocycles. The van der Waals surface area contributed by atoms with Gasteiger partial charge < -0.3 is 50.9 Å². The Morgan fingerprint density at radius 2 is 0.545 bits per heavy atom. The van der Waals surface area contributed by atoms with Crippen LogP contribution in [0, 0.1) is 0 Å². The van der Waals surface area contributed by atoms with E-state index in [9.17, 15) is 0 Å². The van der Waals surface area contributed by atoms with Crippen molar-refractivity contribution in [1.29, 1.82) is 0 Å². The van der Waals surface area contributed by atoms with E-state index >= 15 is 0 Å². The van der Waals surface area contributed by atoms with Crippen LogP contribution in [0.1, 0.15) is 175 Å². The van der Waals surface area contributed by atoms with Crippen LogP contribution in [0.3, 0.4) is 0 Å². The number of halogens is 3. The fraction of sp³-hybridized carbons (Fsp3) is 0.735. The molecule has 3 N–H and O–H groups in total. The van der Waals surface area contributed by atoms with Crippen molar-refractivity contribution in [3.63, 3.8) is 0 Å². The van der Waals surface area contributed by atoms with Crippen LogP contribution in [0.2, 0.25) is 0 Å². The molecule has 0 saturated carbocycles. The van der Waals surface area contributed by atoms with Crippen LogP contribution in [0.4, 0.5) is 0 Å². The quantitative estimate of drug-likeness (QED) is 0.312. The first kappa shape index (κ1) is 43.8. The molecule has 0 aliphatic heterocycles. The smallest absolute Gasteiger partial charge is 1.00 e. The van der Waals surface area contributed by atoms with Gasteiger partial charge in [-0.05, 0) is 0 Å². The summed E-state index contributed by atoms with van der Waals surface area (Å²) in [6, 6.07) is 0. The van der Waals surface area contributed by atoms with Gasteiger partial charge in [-0.25, -0.2) is 0 Å². The Balaban J connectivity index is 0.00000616.